The zero-order valence-corrected chi connectivity index (χ0v) is 30.4. The van der Waals surface area contributed by atoms with Gasteiger partial charge in [0.05, 0.1) is 27.0 Å². The third kappa shape index (κ3) is 6.53. The molecule has 2 aliphatic heterocycles. The SMILES string of the molecule is COc1ccc([Si](C)(C)[C@H]2[C@H](CCO)O[C@@]3(C(=O)N(C/C=C(\C)CCC=C(C)C)c4ccc(N(C=O)c5ccccc5)cc43)[C@@H]2C)cc1. The van der Waals surface area contributed by atoms with Crippen molar-refractivity contribution in [1.82, 2.24) is 0 Å². The van der Waals surface area contributed by atoms with Crippen molar-refractivity contribution in [3.63, 3.8) is 0 Å². The quantitative estimate of drug-likeness (QED) is 0.115. The zero-order valence-electron chi connectivity index (χ0n) is 29.4. The number of aliphatic hydroxyl groups excluding tert-OH is 1. The third-order valence-electron chi connectivity index (χ3n) is 10.4. The van der Waals surface area contributed by atoms with E-state index in [1.165, 1.54) is 16.3 Å². The Morgan fingerprint density at radius 3 is 2.35 bits per heavy atom. The number of amides is 2. The van der Waals surface area contributed by atoms with Gasteiger partial charge in [0.2, 0.25) is 6.41 Å². The number of nitrogens with zero attached hydrogens (tertiary/aromatic N) is 2. The molecule has 1 N–H and O–H groups in total. The summed E-state index contributed by atoms with van der Waals surface area (Å²) in [6.45, 7) is 13.5. The molecule has 1 spiro atoms. The average Bonchev–Trinajstić information content (AvgIpc) is 3.50. The summed E-state index contributed by atoms with van der Waals surface area (Å²) in [5, 5.41) is 11.5. The van der Waals surface area contributed by atoms with E-state index in [1.807, 2.05) is 65.6 Å². The number of fused-ring (bicyclic) bond motifs is 2. The van der Waals surface area contributed by atoms with E-state index < -0.39 is 13.7 Å². The number of benzene rings is 3. The Morgan fingerprint density at radius 2 is 1.73 bits per heavy atom. The number of anilines is 3. The lowest BCUT2D eigenvalue weighted by Gasteiger charge is -2.37. The van der Waals surface area contributed by atoms with Crippen LogP contribution in [-0.2, 0) is 19.9 Å². The number of rotatable bonds is 13. The second-order valence-corrected chi connectivity index (χ2v) is 18.7. The summed E-state index contributed by atoms with van der Waals surface area (Å²) in [5.41, 5.74) is 4.27. The zero-order chi connectivity index (χ0) is 34.6. The molecule has 8 heteroatoms. The Bertz CT molecular complexity index is 1660. The van der Waals surface area contributed by atoms with E-state index in [4.69, 9.17) is 9.47 Å². The number of allylic oxidation sites excluding steroid dienone is 3. The normalized spacial score (nSPS) is 22.2. The lowest BCUT2D eigenvalue weighted by molar-refractivity contribution is -0.146. The van der Waals surface area contributed by atoms with Gasteiger partial charge in [-0.3, -0.25) is 14.5 Å². The number of ether oxygens (including phenoxy) is 2. The minimum Gasteiger partial charge on any atom is -0.497 e. The molecule has 2 aliphatic rings. The number of hydrogen-bond donors (Lipinski definition) is 1. The van der Waals surface area contributed by atoms with E-state index in [0.717, 1.165) is 41.9 Å². The van der Waals surface area contributed by atoms with Gasteiger partial charge in [-0.2, -0.15) is 0 Å². The van der Waals surface area contributed by atoms with Crippen LogP contribution in [0.15, 0.2) is 96.1 Å². The number of carbonyl (C=O) groups excluding carboxylic acids is 2. The molecular weight excluding hydrogens is 617 g/mol. The van der Waals surface area contributed by atoms with Gasteiger partial charge in [-0.15, -0.1) is 0 Å². The van der Waals surface area contributed by atoms with E-state index in [1.54, 1.807) is 12.0 Å². The van der Waals surface area contributed by atoms with Crippen LogP contribution in [0.5, 0.6) is 5.75 Å². The van der Waals surface area contributed by atoms with Gasteiger partial charge in [0.15, 0.2) is 5.60 Å². The lowest BCUT2D eigenvalue weighted by atomic mass is 9.82. The second-order valence-electron chi connectivity index (χ2n) is 14.0. The fraction of sp³-hybridized carbons (Fsp3) is 0.400. The Morgan fingerprint density at radius 1 is 1.02 bits per heavy atom. The number of aliphatic hydroxyl groups is 1. The summed E-state index contributed by atoms with van der Waals surface area (Å²) in [5.74, 6) is 0.513. The van der Waals surface area contributed by atoms with E-state index in [9.17, 15) is 14.7 Å². The van der Waals surface area contributed by atoms with E-state index in [-0.39, 0.29) is 30.1 Å². The van der Waals surface area contributed by atoms with Gasteiger partial charge in [0, 0.05) is 36.0 Å². The summed E-state index contributed by atoms with van der Waals surface area (Å²) < 4.78 is 12.5. The van der Waals surface area contributed by atoms with Crippen LogP contribution < -0.4 is 19.7 Å². The molecule has 0 aliphatic carbocycles. The predicted octanol–water partition coefficient (Wildman–Crippen LogP) is 7.63. The van der Waals surface area contributed by atoms with Crippen molar-refractivity contribution >= 4 is 42.6 Å². The first-order valence-electron chi connectivity index (χ1n) is 17.0. The standard InChI is InChI=1S/C40H50N2O5Si/c1-28(2)12-11-13-29(3)22-24-41-36-21-16-32(42(27-44)31-14-9-8-10-15-31)26-35(36)40(39(41)45)30(4)38(37(47-40)23-25-43)48(6,7)34-19-17-33(46-5)18-20-34/h8-10,12,14-22,26-27,30,37-38,43H,11,13,23-25H2,1-7H3/b29-22+/t30-,37+,38-,40+/m1/s1. The predicted molar refractivity (Wildman–Crippen MR) is 197 cm³/mol. The maximum Gasteiger partial charge on any atom is 0.264 e. The van der Waals surface area contributed by atoms with Crippen molar-refractivity contribution in [2.45, 2.75) is 77.3 Å². The molecule has 0 saturated carbocycles. The number of para-hydroxylation sites is 1. The van der Waals surface area contributed by atoms with Gasteiger partial charge in [-0.1, -0.05) is 78.8 Å². The maximum atomic E-state index is 15.0. The number of carbonyl (C=O) groups is 2. The van der Waals surface area contributed by atoms with Crippen LogP contribution in [0.3, 0.4) is 0 Å². The molecule has 7 nitrogen and oxygen atoms in total. The largest absolute Gasteiger partial charge is 0.497 e. The molecular formula is C40H50N2O5Si. The van der Waals surface area contributed by atoms with Crippen molar-refractivity contribution in [3.05, 3.63) is 102 Å². The molecule has 4 atom stereocenters. The Kier molecular flexibility index (Phi) is 10.8. The summed E-state index contributed by atoms with van der Waals surface area (Å²) >= 11 is 0. The molecule has 1 fully saturated rings. The fourth-order valence-corrected chi connectivity index (χ4v) is 11.9. The average molecular weight is 667 g/mol. The number of hydrogen-bond acceptors (Lipinski definition) is 5. The monoisotopic (exact) mass is 666 g/mol. The lowest BCUT2D eigenvalue weighted by Crippen LogP contribution is -2.52. The molecule has 1 saturated heterocycles. The molecule has 0 bridgehead atoms. The molecule has 0 unspecified atom stereocenters. The van der Waals surface area contributed by atoms with Gasteiger partial charge in [-0.05, 0) is 88.0 Å². The molecule has 0 aromatic heterocycles. The summed E-state index contributed by atoms with van der Waals surface area (Å²) in [7, 11) is -0.649. The molecule has 2 amide bonds. The number of methoxy groups -OCH3 is 1. The van der Waals surface area contributed by atoms with Crippen LogP contribution in [0, 0.1) is 5.92 Å². The first-order chi connectivity index (χ1) is 23.0. The minimum absolute atomic E-state index is 0.0242. The first kappa shape index (κ1) is 35.3. The van der Waals surface area contributed by atoms with E-state index in [2.05, 4.69) is 65.1 Å². The van der Waals surface area contributed by atoms with Crippen molar-refractivity contribution in [1.29, 1.82) is 0 Å². The van der Waals surface area contributed by atoms with Gasteiger partial charge in [0.25, 0.3) is 5.91 Å². The Labute approximate surface area is 286 Å². The van der Waals surface area contributed by atoms with Crippen LogP contribution in [-0.4, -0.2) is 51.9 Å². The van der Waals surface area contributed by atoms with Gasteiger partial charge in [0.1, 0.15) is 5.75 Å². The molecule has 3 aromatic carbocycles. The van der Waals surface area contributed by atoms with Gasteiger partial charge in [-0.25, -0.2) is 0 Å². The van der Waals surface area contributed by atoms with Crippen LogP contribution in [0.25, 0.3) is 0 Å². The molecule has 5 rings (SSSR count). The van der Waals surface area contributed by atoms with E-state index >= 15 is 0 Å². The fourth-order valence-electron chi connectivity index (χ4n) is 7.83. The van der Waals surface area contributed by atoms with Crippen LogP contribution in [0.1, 0.15) is 52.5 Å². The molecule has 48 heavy (non-hydrogen) atoms. The Hall–Kier alpha value is -3.98. The van der Waals surface area contributed by atoms with Gasteiger partial charge >= 0.3 is 0 Å². The topological polar surface area (TPSA) is 79.3 Å². The Balaban J connectivity index is 1.62. The summed E-state index contributed by atoms with van der Waals surface area (Å²) in [6, 6.07) is 23.6. The van der Waals surface area contributed by atoms with Crippen molar-refractivity contribution < 1.29 is 24.2 Å². The molecule has 3 aromatic rings. The summed E-state index contributed by atoms with van der Waals surface area (Å²) in [4.78, 5) is 31.0. The van der Waals surface area contributed by atoms with Gasteiger partial charge < -0.3 is 19.5 Å². The highest BCUT2D eigenvalue weighted by atomic mass is 28.3. The van der Waals surface area contributed by atoms with Crippen LogP contribution >= 0.6 is 0 Å². The summed E-state index contributed by atoms with van der Waals surface area (Å²) in [6.07, 6.45) is 7.18. The molecule has 0 radical (unpaired) electrons. The van der Waals surface area contributed by atoms with Crippen LogP contribution in [0.2, 0.25) is 18.6 Å². The van der Waals surface area contributed by atoms with Crippen molar-refractivity contribution in [2.24, 2.45) is 5.92 Å². The highest BCUT2D eigenvalue weighted by Crippen LogP contribution is 2.60. The maximum absolute atomic E-state index is 15.0. The van der Waals surface area contributed by atoms with Crippen LogP contribution in [0.4, 0.5) is 17.1 Å². The van der Waals surface area contributed by atoms with Crippen molar-refractivity contribution in [3.8, 4) is 5.75 Å². The first-order valence-corrected chi connectivity index (χ1v) is 20.1. The molecule has 254 valence electrons. The highest BCUT2D eigenvalue weighted by molar-refractivity contribution is 6.91. The van der Waals surface area contributed by atoms with Crippen molar-refractivity contribution in [2.75, 3.05) is 30.1 Å². The highest BCUT2D eigenvalue weighted by Gasteiger charge is 2.66. The second kappa shape index (κ2) is 14.6. The smallest absolute Gasteiger partial charge is 0.264 e. The van der Waals surface area contributed by atoms with E-state index in [0.29, 0.717) is 18.7 Å². The molecule has 2 heterocycles. The third-order valence-corrected chi connectivity index (χ3v) is 14.7. The minimum atomic E-state index is -2.31.